The van der Waals surface area contributed by atoms with Crippen LogP contribution in [0.25, 0.3) is 0 Å². The van der Waals surface area contributed by atoms with Gasteiger partial charge >= 0.3 is 5.97 Å². The second-order valence-corrected chi connectivity index (χ2v) is 6.53. The van der Waals surface area contributed by atoms with Gasteiger partial charge in [0.05, 0.1) is 12.5 Å². The second kappa shape index (κ2) is 10.3. The maximum Gasteiger partial charge on any atom is 0.310 e. The zero-order valence-electron chi connectivity index (χ0n) is 16.1. The second-order valence-electron chi connectivity index (χ2n) is 6.53. The SMILES string of the molecule is CCCOc1ccc(C(=O)CCC(=O)Nc2cccc(C(C)C(=O)O)c2)cc1. The molecule has 2 N–H and O–H groups in total. The lowest BCUT2D eigenvalue weighted by Gasteiger charge is -2.10. The molecule has 0 aliphatic carbocycles. The summed E-state index contributed by atoms with van der Waals surface area (Å²) in [6, 6.07) is 13.6. The van der Waals surface area contributed by atoms with Crippen molar-refractivity contribution in [3.05, 3.63) is 59.7 Å². The van der Waals surface area contributed by atoms with Crippen molar-refractivity contribution >= 4 is 23.3 Å². The molecule has 0 fully saturated rings. The number of carboxylic acids is 1. The maximum atomic E-state index is 12.3. The van der Waals surface area contributed by atoms with Crippen LogP contribution >= 0.6 is 0 Å². The smallest absolute Gasteiger partial charge is 0.310 e. The van der Waals surface area contributed by atoms with E-state index in [9.17, 15) is 14.4 Å². The van der Waals surface area contributed by atoms with Crippen molar-refractivity contribution in [1.29, 1.82) is 0 Å². The number of hydrogen-bond donors (Lipinski definition) is 2. The molecule has 0 heterocycles. The Balaban J connectivity index is 1.87. The van der Waals surface area contributed by atoms with Crippen molar-refractivity contribution in [2.75, 3.05) is 11.9 Å². The standard InChI is InChI=1S/C22H25NO5/c1-3-13-28-19-9-7-16(8-10-19)20(24)11-12-21(25)23-18-6-4-5-17(14-18)15(2)22(26)27/h4-10,14-15H,3,11-13H2,1-2H3,(H,23,25)(H,26,27). The first-order valence-electron chi connectivity index (χ1n) is 9.29. The minimum atomic E-state index is -0.930. The lowest BCUT2D eigenvalue weighted by molar-refractivity contribution is -0.138. The normalized spacial score (nSPS) is 11.5. The van der Waals surface area contributed by atoms with E-state index in [1.807, 2.05) is 6.92 Å². The molecule has 2 rings (SSSR count). The van der Waals surface area contributed by atoms with E-state index in [1.165, 1.54) is 0 Å². The molecule has 1 amide bonds. The van der Waals surface area contributed by atoms with Gasteiger partial charge in [-0.2, -0.15) is 0 Å². The Morgan fingerprint density at radius 1 is 1.07 bits per heavy atom. The maximum absolute atomic E-state index is 12.3. The number of anilines is 1. The van der Waals surface area contributed by atoms with Gasteiger partial charge in [0.25, 0.3) is 0 Å². The van der Waals surface area contributed by atoms with Gasteiger partial charge in [-0.3, -0.25) is 14.4 Å². The summed E-state index contributed by atoms with van der Waals surface area (Å²) in [4.78, 5) is 35.5. The predicted molar refractivity (Wildman–Crippen MR) is 107 cm³/mol. The number of ether oxygens (including phenoxy) is 1. The topological polar surface area (TPSA) is 92.7 Å². The predicted octanol–water partition coefficient (Wildman–Crippen LogP) is 4.27. The van der Waals surface area contributed by atoms with E-state index < -0.39 is 11.9 Å². The molecule has 0 saturated heterocycles. The summed E-state index contributed by atoms with van der Waals surface area (Å²) in [6.45, 7) is 4.23. The van der Waals surface area contributed by atoms with Crippen molar-refractivity contribution in [2.24, 2.45) is 0 Å². The molecule has 6 heteroatoms. The highest BCUT2D eigenvalue weighted by molar-refractivity contribution is 6.00. The highest BCUT2D eigenvalue weighted by Crippen LogP contribution is 2.20. The van der Waals surface area contributed by atoms with Crippen LogP contribution in [0.3, 0.4) is 0 Å². The molecule has 1 atom stereocenters. The van der Waals surface area contributed by atoms with E-state index in [-0.39, 0.29) is 24.5 Å². The molecule has 1 unspecified atom stereocenters. The molecule has 0 aliphatic heterocycles. The molecular formula is C22H25NO5. The summed E-state index contributed by atoms with van der Waals surface area (Å²) in [5.74, 6) is -1.30. The number of hydrogen-bond acceptors (Lipinski definition) is 4. The molecule has 28 heavy (non-hydrogen) atoms. The van der Waals surface area contributed by atoms with Gasteiger partial charge in [0.1, 0.15) is 5.75 Å². The summed E-state index contributed by atoms with van der Waals surface area (Å²) >= 11 is 0. The fourth-order valence-corrected chi connectivity index (χ4v) is 2.58. The van der Waals surface area contributed by atoms with Crippen LogP contribution in [0.15, 0.2) is 48.5 Å². The molecule has 148 valence electrons. The van der Waals surface area contributed by atoms with Crippen LogP contribution in [-0.2, 0) is 9.59 Å². The number of carboxylic acid groups (broad SMARTS) is 1. The number of nitrogens with one attached hydrogen (secondary N) is 1. The van der Waals surface area contributed by atoms with Crippen LogP contribution in [0.4, 0.5) is 5.69 Å². The van der Waals surface area contributed by atoms with Gasteiger partial charge in [-0.25, -0.2) is 0 Å². The van der Waals surface area contributed by atoms with Crippen molar-refractivity contribution in [3.8, 4) is 5.75 Å². The van der Waals surface area contributed by atoms with Crippen LogP contribution < -0.4 is 10.1 Å². The van der Waals surface area contributed by atoms with Crippen LogP contribution in [0, 0.1) is 0 Å². The molecule has 0 saturated carbocycles. The largest absolute Gasteiger partial charge is 0.494 e. The number of rotatable bonds is 10. The van der Waals surface area contributed by atoms with E-state index in [0.29, 0.717) is 29.2 Å². The third-order valence-corrected chi connectivity index (χ3v) is 4.27. The first kappa shape index (κ1) is 21.2. The highest BCUT2D eigenvalue weighted by Gasteiger charge is 2.15. The van der Waals surface area contributed by atoms with Crippen LogP contribution in [0.1, 0.15) is 54.9 Å². The summed E-state index contributed by atoms with van der Waals surface area (Å²) in [6.07, 6.45) is 1.05. The van der Waals surface area contributed by atoms with Gasteiger partial charge in [0.15, 0.2) is 5.78 Å². The van der Waals surface area contributed by atoms with E-state index in [4.69, 9.17) is 9.84 Å². The van der Waals surface area contributed by atoms with E-state index >= 15 is 0 Å². The number of carbonyl (C=O) groups is 3. The van der Waals surface area contributed by atoms with Crippen molar-refractivity contribution in [1.82, 2.24) is 0 Å². The van der Waals surface area contributed by atoms with Gasteiger partial charge in [0, 0.05) is 24.1 Å². The van der Waals surface area contributed by atoms with Gasteiger partial charge in [-0.15, -0.1) is 0 Å². The number of ketones is 1. The average Bonchev–Trinajstić information content (AvgIpc) is 2.70. The van der Waals surface area contributed by atoms with Crippen molar-refractivity contribution in [2.45, 2.75) is 39.0 Å². The van der Waals surface area contributed by atoms with E-state index in [1.54, 1.807) is 55.5 Å². The quantitative estimate of drug-likeness (QED) is 0.598. The molecule has 0 spiro atoms. The molecule has 2 aromatic rings. The third-order valence-electron chi connectivity index (χ3n) is 4.27. The number of amides is 1. The molecule has 0 bridgehead atoms. The lowest BCUT2D eigenvalue weighted by Crippen LogP contribution is -2.14. The summed E-state index contributed by atoms with van der Waals surface area (Å²) in [7, 11) is 0. The average molecular weight is 383 g/mol. The minimum absolute atomic E-state index is 0.0473. The molecule has 0 radical (unpaired) electrons. The first-order chi connectivity index (χ1) is 13.4. The fourth-order valence-electron chi connectivity index (χ4n) is 2.58. The highest BCUT2D eigenvalue weighted by atomic mass is 16.5. The Hall–Kier alpha value is -3.15. The Bertz CT molecular complexity index is 829. The summed E-state index contributed by atoms with van der Waals surface area (Å²) < 4.78 is 5.48. The van der Waals surface area contributed by atoms with Crippen molar-refractivity contribution in [3.63, 3.8) is 0 Å². The molecule has 2 aromatic carbocycles. The van der Waals surface area contributed by atoms with Gasteiger partial charge in [0.2, 0.25) is 5.91 Å². The molecule has 0 aromatic heterocycles. The Morgan fingerprint density at radius 2 is 1.79 bits per heavy atom. The lowest BCUT2D eigenvalue weighted by atomic mass is 10.0. The van der Waals surface area contributed by atoms with Crippen molar-refractivity contribution < 1.29 is 24.2 Å². The zero-order chi connectivity index (χ0) is 20.5. The van der Waals surface area contributed by atoms with Crippen LogP contribution in [-0.4, -0.2) is 29.4 Å². The fraction of sp³-hybridized carbons (Fsp3) is 0.318. The van der Waals surface area contributed by atoms with E-state index in [0.717, 1.165) is 6.42 Å². The van der Waals surface area contributed by atoms with Crippen LogP contribution in [0.2, 0.25) is 0 Å². The molecule has 0 aliphatic rings. The Morgan fingerprint density at radius 3 is 2.43 bits per heavy atom. The number of aliphatic carboxylic acids is 1. The Kier molecular flexibility index (Phi) is 7.75. The Labute approximate surface area is 164 Å². The minimum Gasteiger partial charge on any atom is -0.494 e. The number of carbonyl (C=O) groups excluding carboxylic acids is 2. The van der Waals surface area contributed by atoms with Gasteiger partial charge in [-0.05, 0) is 55.3 Å². The first-order valence-corrected chi connectivity index (χ1v) is 9.29. The molecular weight excluding hydrogens is 358 g/mol. The zero-order valence-corrected chi connectivity index (χ0v) is 16.1. The number of Topliss-reactive ketones (excluding diaryl/α,β-unsaturated/α-hetero) is 1. The van der Waals surface area contributed by atoms with Gasteiger partial charge in [-0.1, -0.05) is 19.1 Å². The van der Waals surface area contributed by atoms with Gasteiger partial charge < -0.3 is 15.2 Å². The molecule has 6 nitrogen and oxygen atoms in total. The third kappa shape index (κ3) is 6.23. The van der Waals surface area contributed by atoms with E-state index in [2.05, 4.69) is 5.32 Å². The number of benzene rings is 2. The summed E-state index contributed by atoms with van der Waals surface area (Å²) in [5, 5.41) is 11.8. The summed E-state index contributed by atoms with van der Waals surface area (Å²) in [5.41, 5.74) is 1.65. The monoisotopic (exact) mass is 383 g/mol. The van der Waals surface area contributed by atoms with Crippen LogP contribution in [0.5, 0.6) is 5.75 Å².